The predicted molar refractivity (Wildman–Crippen MR) is 45.0 cm³/mol. The Morgan fingerprint density at radius 1 is 1.58 bits per heavy atom. The lowest BCUT2D eigenvalue weighted by atomic mass is 10.0. The summed E-state index contributed by atoms with van der Waals surface area (Å²) in [6, 6.07) is 7.99. The summed E-state index contributed by atoms with van der Waals surface area (Å²) in [5.74, 6) is -0.740. The average Bonchev–Trinajstić information content (AvgIpc) is 2.07. The Hall–Kier alpha value is -1.62. The molecule has 1 aromatic rings. The highest BCUT2D eigenvalue weighted by Crippen LogP contribution is 2.16. The fraction of sp³-hybridized carbons (Fsp3) is 0.100. The van der Waals surface area contributed by atoms with Crippen molar-refractivity contribution in [1.82, 2.24) is 0 Å². The standard InChI is InChI=1S/C10H8FN/c1-2-8(7-12)9-4-3-5-10(11)6-9/h2-6,8H,1H2. The van der Waals surface area contributed by atoms with Crippen LogP contribution in [0.5, 0.6) is 0 Å². The molecule has 0 bridgehead atoms. The van der Waals surface area contributed by atoms with E-state index in [1.807, 2.05) is 6.07 Å². The minimum Gasteiger partial charge on any atom is -0.207 e. The first-order chi connectivity index (χ1) is 5.77. The van der Waals surface area contributed by atoms with Gasteiger partial charge in [0.15, 0.2) is 0 Å². The molecule has 0 aromatic heterocycles. The highest BCUT2D eigenvalue weighted by molar-refractivity contribution is 5.29. The van der Waals surface area contributed by atoms with Crippen LogP contribution in [-0.2, 0) is 0 Å². The molecule has 1 rings (SSSR count). The van der Waals surface area contributed by atoms with E-state index in [1.54, 1.807) is 12.1 Å². The van der Waals surface area contributed by atoms with Gasteiger partial charge in [0.1, 0.15) is 5.82 Å². The highest BCUT2D eigenvalue weighted by atomic mass is 19.1. The topological polar surface area (TPSA) is 23.8 Å². The zero-order valence-electron chi connectivity index (χ0n) is 6.50. The van der Waals surface area contributed by atoms with Gasteiger partial charge in [0.2, 0.25) is 0 Å². The average molecular weight is 161 g/mol. The van der Waals surface area contributed by atoms with Crippen LogP contribution in [0, 0.1) is 17.1 Å². The first kappa shape index (κ1) is 8.48. The summed E-state index contributed by atoms with van der Waals surface area (Å²) >= 11 is 0. The van der Waals surface area contributed by atoms with E-state index in [-0.39, 0.29) is 5.82 Å². The molecule has 0 radical (unpaired) electrons. The highest BCUT2D eigenvalue weighted by Gasteiger charge is 2.05. The molecule has 0 aliphatic carbocycles. The van der Waals surface area contributed by atoms with Crippen molar-refractivity contribution >= 4 is 0 Å². The number of hydrogen-bond acceptors (Lipinski definition) is 1. The maximum atomic E-state index is 12.7. The quantitative estimate of drug-likeness (QED) is 0.611. The van der Waals surface area contributed by atoms with Gasteiger partial charge in [-0.15, -0.1) is 6.58 Å². The SMILES string of the molecule is C=CC(C#N)c1cccc(F)c1. The second-order valence-corrected chi connectivity index (χ2v) is 2.40. The first-order valence-electron chi connectivity index (χ1n) is 3.55. The smallest absolute Gasteiger partial charge is 0.123 e. The van der Waals surface area contributed by atoms with E-state index in [0.717, 1.165) is 0 Å². The summed E-state index contributed by atoms with van der Waals surface area (Å²) in [6.07, 6.45) is 1.49. The van der Waals surface area contributed by atoms with Gasteiger partial charge in [-0.1, -0.05) is 18.2 Å². The molecule has 0 N–H and O–H groups in total. The first-order valence-corrected chi connectivity index (χ1v) is 3.55. The Balaban J connectivity index is 3.03. The molecule has 60 valence electrons. The number of benzene rings is 1. The molecule has 0 spiro atoms. The molecular formula is C10H8FN. The number of nitriles is 1. The molecule has 0 aliphatic heterocycles. The van der Waals surface area contributed by atoms with E-state index in [4.69, 9.17) is 5.26 Å². The van der Waals surface area contributed by atoms with Crippen LogP contribution >= 0.6 is 0 Å². The molecule has 1 aromatic carbocycles. The largest absolute Gasteiger partial charge is 0.207 e. The molecule has 1 unspecified atom stereocenters. The second kappa shape index (κ2) is 3.68. The summed E-state index contributed by atoms with van der Waals surface area (Å²) in [6.45, 7) is 3.49. The van der Waals surface area contributed by atoms with Crippen LogP contribution in [0.15, 0.2) is 36.9 Å². The zero-order chi connectivity index (χ0) is 8.97. The molecule has 1 atom stereocenters. The van der Waals surface area contributed by atoms with E-state index in [2.05, 4.69) is 6.58 Å². The molecule has 12 heavy (non-hydrogen) atoms. The van der Waals surface area contributed by atoms with Crippen molar-refractivity contribution in [2.24, 2.45) is 0 Å². The molecule has 0 aliphatic rings. The van der Waals surface area contributed by atoms with Crippen LogP contribution in [0.3, 0.4) is 0 Å². The van der Waals surface area contributed by atoms with Gasteiger partial charge in [0.25, 0.3) is 0 Å². The van der Waals surface area contributed by atoms with Gasteiger partial charge in [0.05, 0.1) is 12.0 Å². The maximum Gasteiger partial charge on any atom is 0.123 e. The fourth-order valence-electron chi connectivity index (χ4n) is 0.963. The molecule has 2 heteroatoms. The Morgan fingerprint density at radius 3 is 2.83 bits per heavy atom. The Kier molecular flexibility index (Phi) is 2.60. The summed E-state index contributed by atoms with van der Waals surface area (Å²) in [5, 5.41) is 8.63. The Labute approximate surface area is 70.8 Å². The molecule has 0 heterocycles. The van der Waals surface area contributed by atoms with Crippen molar-refractivity contribution in [2.75, 3.05) is 0 Å². The number of rotatable bonds is 2. The lowest BCUT2D eigenvalue weighted by molar-refractivity contribution is 0.625. The number of hydrogen-bond donors (Lipinski definition) is 0. The number of halogens is 1. The zero-order valence-corrected chi connectivity index (χ0v) is 6.50. The van der Waals surface area contributed by atoms with Gasteiger partial charge in [-0.3, -0.25) is 0 Å². The van der Waals surface area contributed by atoms with Gasteiger partial charge in [0, 0.05) is 0 Å². The van der Waals surface area contributed by atoms with Gasteiger partial charge < -0.3 is 0 Å². The van der Waals surface area contributed by atoms with Crippen molar-refractivity contribution in [3.8, 4) is 6.07 Å². The lowest BCUT2D eigenvalue weighted by Gasteiger charge is -2.02. The van der Waals surface area contributed by atoms with E-state index in [0.29, 0.717) is 5.56 Å². The molecule has 0 saturated heterocycles. The van der Waals surface area contributed by atoms with Crippen molar-refractivity contribution < 1.29 is 4.39 Å². The van der Waals surface area contributed by atoms with Crippen LogP contribution in [0.4, 0.5) is 4.39 Å². The fourth-order valence-corrected chi connectivity index (χ4v) is 0.963. The Bertz CT molecular complexity index is 325. The van der Waals surface area contributed by atoms with E-state index in [9.17, 15) is 4.39 Å². The third-order valence-corrected chi connectivity index (χ3v) is 1.58. The third-order valence-electron chi connectivity index (χ3n) is 1.58. The van der Waals surface area contributed by atoms with Gasteiger partial charge >= 0.3 is 0 Å². The van der Waals surface area contributed by atoms with E-state index < -0.39 is 5.92 Å². The van der Waals surface area contributed by atoms with Crippen LogP contribution in [0.1, 0.15) is 11.5 Å². The minimum atomic E-state index is -0.416. The summed E-state index contributed by atoms with van der Waals surface area (Å²) in [7, 11) is 0. The van der Waals surface area contributed by atoms with Crippen LogP contribution < -0.4 is 0 Å². The van der Waals surface area contributed by atoms with Crippen LogP contribution in [0.25, 0.3) is 0 Å². The second-order valence-electron chi connectivity index (χ2n) is 2.40. The molecular weight excluding hydrogens is 153 g/mol. The van der Waals surface area contributed by atoms with Gasteiger partial charge in [-0.05, 0) is 17.7 Å². The number of allylic oxidation sites excluding steroid dienone is 1. The lowest BCUT2D eigenvalue weighted by Crippen LogP contribution is -1.90. The van der Waals surface area contributed by atoms with Crippen molar-refractivity contribution in [3.63, 3.8) is 0 Å². The predicted octanol–water partition coefficient (Wildman–Crippen LogP) is 2.62. The summed E-state index contributed by atoms with van der Waals surface area (Å²) in [5.41, 5.74) is 0.646. The maximum absolute atomic E-state index is 12.7. The summed E-state index contributed by atoms with van der Waals surface area (Å²) in [4.78, 5) is 0. The van der Waals surface area contributed by atoms with Crippen molar-refractivity contribution in [3.05, 3.63) is 48.3 Å². The molecule has 0 amide bonds. The van der Waals surface area contributed by atoms with Gasteiger partial charge in [-0.2, -0.15) is 5.26 Å². The van der Waals surface area contributed by atoms with Gasteiger partial charge in [-0.25, -0.2) is 4.39 Å². The third kappa shape index (κ3) is 1.70. The Morgan fingerprint density at radius 2 is 2.33 bits per heavy atom. The minimum absolute atomic E-state index is 0.324. The van der Waals surface area contributed by atoms with E-state index in [1.165, 1.54) is 18.2 Å². The normalized spacial score (nSPS) is 11.7. The molecule has 1 nitrogen and oxygen atoms in total. The molecule has 0 saturated carbocycles. The van der Waals surface area contributed by atoms with Crippen LogP contribution in [-0.4, -0.2) is 0 Å². The number of nitrogens with zero attached hydrogens (tertiary/aromatic N) is 1. The van der Waals surface area contributed by atoms with E-state index >= 15 is 0 Å². The summed E-state index contributed by atoms with van der Waals surface area (Å²) < 4.78 is 12.7. The van der Waals surface area contributed by atoms with Crippen LogP contribution in [0.2, 0.25) is 0 Å². The van der Waals surface area contributed by atoms with Crippen molar-refractivity contribution in [2.45, 2.75) is 5.92 Å². The molecule has 0 fully saturated rings. The monoisotopic (exact) mass is 161 g/mol. The van der Waals surface area contributed by atoms with Crippen molar-refractivity contribution in [1.29, 1.82) is 5.26 Å².